The minimum atomic E-state index is 0.460. The van der Waals surface area contributed by atoms with Crippen molar-refractivity contribution >= 4 is 51.0 Å². The molecule has 0 heterocycles. The molecule has 0 spiro atoms. The third-order valence-corrected chi connectivity index (χ3v) is 4.85. The van der Waals surface area contributed by atoms with E-state index >= 15 is 0 Å². The molecule has 0 amide bonds. The van der Waals surface area contributed by atoms with Crippen molar-refractivity contribution in [2.75, 3.05) is 0 Å². The Bertz CT molecular complexity index is 939. The van der Waals surface area contributed by atoms with Crippen molar-refractivity contribution in [3.63, 3.8) is 0 Å². The highest BCUT2D eigenvalue weighted by Crippen LogP contribution is 2.27. The zero-order chi connectivity index (χ0) is 18.5. The maximum Gasteiger partial charge on any atom is 0.138 e. The molecule has 0 N–H and O–H groups in total. The zero-order valence-electron chi connectivity index (χ0n) is 14.0. The van der Waals surface area contributed by atoms with Gasteiger partial charge in [-0.2, -0.15) is 0 Å². The first kappa shape index (κ1) is 19.0. The fraction of sp³-hybridized carbons (Fsp3) is 0.0952. The number of aryl methyl sites for hydroxylation is 1. The predicted molar refractivity (Wildman–Crippen MR) is 113 cm³/mol. The average molecular weight is 449 g/mol. The molecule has 0 aliphatic carbocycles. The second-order valence-electron chi connectivity index (χ2n) is 5.79. The predicted octanol–water partition coefficient (Wildman–Crippen LogP) is 7.39. The maximum atomic E-state index is 6.34. The smallest absolute Gasteiger partial charge is 0.138 e. The van der Waals surface area contributed by atoms with Gasteiger partial charge in [0.1, 0.15) is 12.4 Å². The molecule has 2 nitrogen and oxygen atoms in total. The Labute approximate surface area is 171 Å². The van der Waals surface area contributed by atoms with Gasteiger partial charge in [-0.25, -0.2) is 0 Å². The van der Waals surface area contributed by atoms with E-state index < -0.39 is 0 Å². The first-order chi connectivity index (χ1) is 12.5. The van der Waals surface area contributed by atoms with Gasteiger partial charge < -0.3 is 4.74 Å². The van der Waals surface area contributed by atoms with Crippen LogP contribution in [-0.2, 0) is 6.61 Å². The van der Waals surface area contributed by atoms with Gasteiger partial charge in [-0.15, -0.1) is 0 Å². The number of ether oxygens (including phenoxy) is 1. The van der Waals surface area contributed by atoms with Crippen molar-refractivity contribution in [2.45, 2.75) is 13.5 Å². The number of hydrogen-bond donors (Lipinski definition) is 0. The zero-order valence-corrected chi connectivity index (χ0v) is 17.1. The third kappa shape index (κ3) is 5.10. The van der Waals surface area contributed by atoms with E-state index in [4.69, 9.17) is 27.9 Å². The molecule has 0 radical (unpaired) electrons. The minimum Gasteiger partial charge on any atom is -0.487 e. The normalized spacial score (nSPS) is 11.1. The summed E-state index contributed by atoms with van der Waals surface area (Å²) in [5, 5.41) is 1.21. The van der Waals surface area contributed by atoms with Gasteiger partial charge in [-0.05, 0) is 66.1 Å². The molecule has 0 saturated carbocycles. The van der Waals surface area contributed by atoms with Gasteiger partial charge in [0.15, 0.2) is 0 Å². The summed E-state index contributed by atoms with van der Waals surface area (Å²) in [5.74, 6) is 0.644. The van der Waals surface area contributed by atoms with E-state index in [-0.39, 0.29) is 0 Å². The Morgan fingerprint density at radius 1 is 1.00 bits per heavy atom. The van der Waals surface area contributed by atoms with Crippen LogP contribution in [0.15, 0.2) is 70.1 Å². The SMILES string of the molecule is Cc1ccc(Cl)cc1N=Cc1ccc(OCc2ccc(Br)cc2)c(Cl)c1. The number of nitrogens with zero attached hydrogens (tertiary/aromatic N) is 1. The number of hydrogen-bond acceptors (Lipinski definition) is 2. The molecule has 3 rings (SSSR count). The molecule has 0 unspecified atom stereocenters. The van der Waals surface area contributed by atoms with E-state index in [9.17, 15) is 0 Å². The van der Waals surface area contributed by atoms with Gasteiger partial charge in [0.05, 0.1) is 10.7 Å². The number of aliphatic imine (C=N–C) groups is 1. The summed E-state index contributed by atoms with van der Waals surface area (Å²) in [6.45, 7) is 2.46. The van der Waals surface area contributed by atoms with Crippen molar-refractivity contribution in [3.05, 3.63) is 91.9 Å². The molecule has 5 heteroatoms. The molecule has 26 heavy (non-hydrogen) atoms. The molecule has 0 aliphatic heterocycles. The molecular weight excluding hydrogens is 433 g/mol. The minimum absolute atomic E-state index is 0.460. The Kier molecular flexibility index (Phi) is 6.36. The van der Waals surface area contributed by atoms with Crippen LogP contribution in [0.1, 0.15) is 16.7 Å². The number of halogens is 3. The Balaban J connectivity index is 1.69. The highest BCUT2D eigenvalue weighted by atomic mass is 79.9. The molecule has 0 aromatic heterocycles. The molecule has 0 aliphatic rings. The van der Waals surface area contributed by atoms with Gasteiger partial charge in [-0.1, -0.05) is 57.3 Å². The lowest BCUT2D eigenvalue weighted by Crippen LogP contribution is -1.96. The van der Waals surface area contributed by atoms with Crippen molar-refractivity contribution in [1.29, 1.82) is 0 Å². The van der Waals surface area contributed by atoms with Crippen LogP contribution in [0.5, 0.6) is 5.75 Å². The van der Waals surface area contributed by atoms with Crippen LogP contribution < -0.4 is 4.74 Å². The van der Waals surface area contributed by atoms with Crippen LogP contribution in [0, 0.1) is 6.92 Å². The van der Waals surface area contributed by atoms with Crippen LogP contribution in [0.2, 0.25) is 10.0 Å². The first-order valence-electron chi connectivity index (χ1n) is 7.98. The second-order valence-corrected chi connectivity index (χ2v) is 7.55. The molecule has 0 fully saturated rings. The van der Waals surface area contributed by atoms with Crippen molar-refractivity contribution < 1.29 is 4.74 Å². The number of benzene rings is 3. The highest BCUT2D eigenvalue weighted by Gasteiger charge is 2.04. The second kappa shape index (κ2) is 8.72. The van der Waals surface area contributed by atoms with E-state index in [1.54, 1.807) is 6.21 Å². The topological polar surface area (TPSA) is 21.6 Å². The summed E-state index contributed by atoms with van der Waals surface area (Å²) in [5.41, 5.74) is 3.87. The Hall–Kier alpha value is -1.81. The van der Waals surface area contributed by atoms with Gasteiger partial charge >= 0.3 is 0 Å². The summed E-state index contributed by atoms with van der Waals surface area (Å²) in [7, 11) is 0. The van der Waals surface area contributed by atoms with Gasteiger partial charge in [0, 0.05) is 15.7 Å². The standard InChI is InChI=1S/C21H16BrCl2NO/c1-14-2-8-18(23)11-20(14)25-12-16-5-9-21(19(24)10-16)26-13-15-3-6-17(22)7-4-15/h2-12H,13H2,1H3. The van der Waals surface area contributed by atoms with Crippen LogP contribution in [0.3, 0.4) is 0 Å². The van der Waals surface area contributed by atoms with E-state index in [1.807, 2.05) is 67.6 Å². The third-order valence-electron chi connectivity index (χ3n) is 3.79. The Morgan fingerprint density at radius 3 is 2.50 bits per heavy atom. The van der Waals surface area contributed by atoms with E-state index in [1.165, 1.54) is 0 Å². The van der Waals surface area contributed by atoms with E-state index in [0.717, 1.165) is 26.9 Å². The maximum absolute atomic E-state index is 6.34. The summed E-state index contributed by atoms with van der Waals surface area (Å²) >= 11 is 15.8. The van der Waals surface area contributed by atoms with Crippen molar-refractivity contribution in [3.8, 4) is 5.75 Å². The molecule has 0 atom stereocenters. The lowest BCUT2D eigenvalue weighted by atomic mass is 10.2. The quantitative estimate of drug-likeness (QED) is 0.372. The highest BCUT2D eigenvalue weighted by molar-refractivity contribution is 9.10. The van der Waals surface area contributed by atoms with Crippen LogP contribution in [-0.4, -0.2) is 6.21 Å². The molecule has 0 bridgehead atoms. The molecule has 0 saturated heterocycles. The van der Waals surface area contributed by atoms with E-state index in [2.05, 4.69) is 20.9 Å². The van der Waals surface area contributed by atoms with E-state index in [0.29, 0.717) is 22.4 Å². The lowest BCUT2D eigenvalue weighted by molar-refractivity contribution is 0.306. The Morgan fingerprint density at radius 2 is 1.77 bits per heavy atom. The first-order valence-corrected chi connectivity index (χ1v) is 9.53. The summed E-state index contributed by atoms with van der Waals surface area (Å²) in [4.78, 5) is 4.50. The average Bonchev–Trinajstić information content (AvgIpc) is 2.63. The van der Waals surface area contributed by atoms with Gasteiger partial charge in [-0.3, -0.25) is 4.99 Å². The van der Waals surface area contributed by atoms with Crippen molar-refractivity contribution in [1.82, 2.24) is 0 Å². The van der Waals surface area contributed by atoms with Crippen LogP contribution in [0.4, 0.5) is 5.69 Å². The molecule has 3 aromatic carbocycles. The largest absolute Gasteiger partial charge is 0.487 e. The summed E-state index contributed by atoms with van der Waals surface area (Å²) in [6.07, 6.45) is 1.77. The molecular formula is C21H16BrCl2NO. The van der Waals surface area contributed by atoms with Crippen LogP contribution >= 0.6 is 39.1 Å². The lowest BCUT2D eigenvalue weighted by Gasteiger charge is -2.09. The molecule has 132 valence electrons. The fourth-order valence-electron chi connectivity index (χ4n) is 2.32. The fourth-order valence-corrected chi connectivity index (χ4v) is 3.00. The molecule has 3 aromatic rings. The number of rotatable bonds is 5. The van der Waals surface area contributed by atoms with Gasteiger partial charge in [0.2, 0.25) is 0 Å². The summed E-state index contributed by atoms with van der Waals surface area (Å²) in [6, 6.07) is 19.2. The van der Waals surface area contributed by atoms with Crippen molar-refractivity contribution in [2.24, 2.45) is 4.99 Å². The summed E-state index contributed by atoms with van der Waals surface area (Å²) < 4.78 is 6.85. The van der Waals surface area contributed by atoms with Crippen LogP contribution in [0.25, 0.3) is 0 Å². The van der Waals surface area contributed by atoms with Gasteiger partial charge in [0.25, 0.3) is 0 Å². The monoisotopic (exact) mass is 447 g/mol.